The highest BCUT2D eigenvalue weighted by Crippen LogP contribution is 2.22. The SMILES string of the molecule is CCCNc1nc(C)cn1-c1cc(F)c(F)cc1F. The van der Waals surface area contributed by atoms with Crippen LogP contribution in [0.2, 0.25) is 0 Å². The van der Waals surface area contributed by atoms with Gasteiger partial charge in [0.25, 0.3) is 0 Å². The number of nitrogens with zero attached hydrogens (tertiary/aromatic N) is 2. The molecule has 0 saturated heterocycles. The number of nitrogens with one attached hydrogen (secondary N) is 1. The third-order valence-corrected chi connectivity index (χ3v) is 2.61. The van der Waals surface area contributed by atoms with E-state index in [9.17, 15) is 13.2 Å². The van der Waals surface area contributed by atoms with E-state index in [1.54, 1.807) is 13.1 Å². The quantitative estimate of drug-likeness (QED) is 0.862. The molecule has 0 spiro atoms. The van der Waals surface area contributed by atoms with Gasteiger partial charge in [0.1, 0.15) is 5.82 Å². The van der Waals surface area contributed by atoms with Gasteiger partial charge in [-0.05, 0) is 13.3 Å². The molecule has 0 amide bonds. The molecule has 1 heterocycles. The summed E-state index contributed by atoms with van der Waals surface area (Å²) in [5.74, 6) is -2.73. The predicted molar refractivity (Wildman–Crippen MR) is 67.0 cm³/mol. The topological polar surface area (TPSA) is 29.9 Å². The molecule has 0 aliphatic heterocycles. The van der Waals surface area contributed by atoms with Crippen molar-refractivity contribution in [3.8, 4) is 5.69 Å². The van der Waals surface area contributed by atoms with Crippen molar-refractivity contribution in [3.63, 3.8) is 0 Å². The summed E-state index contributed by atoms with van der Waals surface area (Å²) in [6.45, 7) is 4.37. The Hall–Kier alpha value is -1.98. The molecular weight excluding hydrogens is 255 g/mol. The highest BCUT2D eigenvalue weighted by atomic mass is 19.2. The van der Waals surface area contributed by atoms with Crippen LogP contribution < -0.4 is 5.32 Å². The second-order valence-corrected chi connectivity index (χ2v) is 4.22. The Morgan fingerprint density at radius 2 is 1.84 bits per heavy atom. The van der Waals surface area contributed by atoms with Crippen LogP contribution in [0.25, 0.3) is 5.69 Å². The van der Waals surface area contributed by atoms with E-state index < -0.39 is 17.5 Å². The Bertz CT molecular complexity index is 593. The van der Waals surface area contributed by atoms with Crippen molar-refractivity contribution in [1.29, 1.82) is 0 Å². The third kappa shape index (κ3) is 2.72. The molecule has 0 fully saturated rings. The highest BCUT2D eigenvalue weighted by molar-refractivity contribution is 5.44. The molecule has 2 rings (SSSR count). The van der Waals surface area contributed by atoms with Crippen LogP contribution in [0.1, 0.15) is 19.0 Å². The van der Waals surface area contributed by atoms with E-state index in [-0.39, 0.29) is 5.69 Å². The summed E-state index contributed by atoms with van der Waals surface area (Å²) in [5.41, 5.74) is 0.584. The number of imidazole rings is 1. The lowest BCUT2D eigenvalue weighted by Crippen LogP contribution is -2.08. The van der Waals surface area contributed by atoms with Gasteiger partial charge in [-0.1, -0.05) is 6.92 Å². The number of halogens is 3. The molecule has 1 N–H and O–H groups in total. The molecule has 19 heavy (non-hydrogen) atoms. The van der Waals surface area contributed by atoms with E-state index in [1.807, 2.05) is 6.92 Å². The molecule has 1 aromatic heterocycles. The minimum absolute atomic E-state index is 0.0712. The van der Waals surface area contributed by atoms with E-state index in [0.717, 1.165) is 12.5 Å². The van der Waals surface area contributed by atoms with E-state index in [0.29, 0.717) is 24.3 Å². The molecular formula is C13H14F3N3. The highest BCUT2D eigenvalue weighted by Gasteiger charge is 2.15. The van der Waals surface area contributed by atoms with E-state index >= 15 is 0 Å². The Kier molecular flexibility index (Phi) is 3.78. The lowest BCUT2D eigenvalue weighted by molar-refractivity contribution is 0.493. The van der Waals surface area contributed by atoms with Crippen LogP contribution in [0.5, 0.6) is 0 Å². The molecule has 6 heteroatoms. The first-order valence-electron chi connectivity index (χ1n) is 5.97. The lowest BCUT2D eigenvalue weighted by Gasteiger charge is -2.10. The van der Waals surface area contributed by atoms with E-state index in [4.69, 9.17) is 0 Å². The third-order valence-electron chi connectivity index (χ3n) is 2.61. The second-order valence-electron chi connectivity index (χ2n) is 4.22. The van der Waals surface area contributed by atoms with Gasteiger partial charge in [0, 0.05) is 24.9 Å². The van der Waals surface area contributed by atoms with Gasteiger partial charge in [0.15, 0.2) is 11.6 Å². The largest absolute Gasteiger partial charge is 0.355 e. The number of anilines is 1. The molecule has 3 nitrogen and oxygen atoms in total. The smallest absolute Gasteiger partial charge is 0.207 e. The Morgan fingerprint density at radius 3 is 2.53 bits per heavy atom. The fourth-order valence-electron chi connectivity index (χ4n) is 1.74. The van der Waals surface area contributed by atoms with Crippen LogP contribution in [0.4, 0.5) is 19.1 Å². The molecule has 102 valence electrons. The minimum Gasteiger partial charge on any atom is -0.355 e. The van der Waals surface area contributed by atoms with Crippen LogP contribution in [0.15, 0.2) is 18.3 Å². The summed E-state index contributed by atoms with van der Waals surface area (Å²) in [6.07, 6.45) is 2.43. The molecule has 0 atom stereocenters. The number of aryl methyl sites for hydroxylation is 1. The molecule has 0 unspecified atom stereocenters. The van der Waals surface area contributed by atoms with E-state index in [2.05, 4.69) is 10.3 Å². The summed E-state index contributed by atoms with van der Waals surface area (Å²) < 4.78 is 41.3. The van der Waals surface area contributed by atoms with Crippen molar-refractivity contribution in [1.82, 2.24) is 9.55 Å². The van der Waals surface area contributed by atoms with E-state index in [1.165, 1.54) is 4.57 Å². The number of rotatable bonds is 4. The number of aromatic nitrogens is 2. The van der Waals surface area contributed by atoms with Gasteiger partial charge >= 0.3 is 0 Å². The zero-order valence-corrected chi connectivity index (χ0v) is 10.7. The van der Waals surface area contributed by atoms with Crippen molar-refractivity contribution >= 4 is 5.95 Å². The maximum atomic E-state index is 13.7. The van der Waals surface area contributed by atoms with Gasteiger partial charge in [-0.25, -0.2) is 18.2 Å². The van der Waals surface area contributed by atoms with Crippen molar-refractivity contribution in [3.05, 3.63) is 41.5 Å². The molecule has 0 radical (unpaired) electrons. The average molecular weight is 269 g/mol. The lowest BCUT2D eigenvalue weighted by atomic mass is 10.3. The first kappa shape index (κ1) is 13.5. The monoisotopic (exact) mass is 269 g/mol. The molecule has 0 saturated carbocycles. The van der Waals surface area contributed by atoms with Crippen molar-refractivity contribution in [2.75, 3.05) is 11.9 Å². The van der Waals surface area contributed by atoms with Crippen LogP contribution in [-0.4, -0.2) is 16.1 Å². The van der Waals surface area contributed by atoms with Crippen molar-refractivity contribution in [2.24, 2.45) is 0 Å². The van der Waals surface area contributed by atoms with Crippen LogP contribution in [0.3, 0.4) is 0 Å². The van der Waals surface area contributed by atoms with Crippen LogP contribution in [-0.2, 0) is 0 Å². The van der Waals surface area contributed by atoms with Gasteiger partial charge in [0.05, 0.1) is 11.4 Å². The van der Waals surface area contributed by atoms with Gasteiger partial charge in [-0.3, -0.25) is 4.57 Å². The first-order valence-corrected chi connectivity index (χ1v) is 5.97. The standard InChI is InChI=1S/C13H14F3N3/c1-3-4-17-13-18-8(2)7-19(13)12-6-10(15)9(14)5-11(12)16/h5-7H,3-4H2,1-2H3,(H,17,18). The molecule has 0 aliphatic carbocycles. The van der Waals surface area contributed by atoms with Crippen molar-refractivity contribution < 1.29 is 13.2 Å². The summed E-state index contributed by atoms with van der Waals surface area (Å²) >= 11 is 0. The summed E-state index contributed by atoms with van der Waals surface area (Å²) in [5, 5.41) is 3.01. The molecule has 2 aromatic rings. The number of benzene rings is 1. The summed E-state index contributed by atoms with van der Waals surface area (Å²) in [7, 11) is 0. The Morgan fingerprint density at radius 1 is 1.16 bits per heavy atom. The fraction of sp³-hybridized carbons (Fsp3) is 0.308. The molecule has 1 aromatic carbocycles. The molecule has 0 bridgehead atoms. The van der Waals surface area contributed by atoms with Gasteiger partial charge in [0.2, 0.25) is 5.95 Å². The maximum absolute atomic E-state index is 13.7. The van der Waals surface area contributed by atoms with Gasteiger partial charge in [-0.2, -0.15) is 0 Å². The summed E-state index contributed by atoms with van der Waals surface area (Å²) in [6, 6.07) is 1.35. The minimum atomic E-state index is -1.21. The zero-order valence-electron chi connectivity index (χ0n) is 10.7. The van der Waals surface area contributed by atoms with Crippen molar-refractivity contribution in [2.45, 2.75) is 20.3 Å². The predicted octanol–water partition coefficient (Wildman–Crippen LogP) is 3.42. The number of hydrogen-bond donors (Lipinski definition) is 1. The van der Waals surface area contributed by atoms with Crippen LogP contribution >= 0.6 is 0 Å². The maximum Gasteiger partial charge on any atom is 0.207 e. The first-order chi connectivity index (χ1) is 9.02. The Balaban J connectivity index is 2.49. The number of hydrogen-bond acceptors (Lipinski definition) is 2. The van der Waals surface area contributed by atoms with Gasteiger partial charge < -0.3 is 5.32 Å². The van der Waals surface area contributed by atoms with Crippen LogP contribution in [0, 0.1) is 24.4 Å². The normalized spacial score (nSPS) is 10.8. The summed E-state index contributed by atoms with van der Waals surface area (Å²) in [4.78, 5) is 4.19. The van der Waals surface area contributed by atoms with Gasteiger partial charge in [-0.15, -0.1) is 0 Å². The zero-order chi connectivity index (χ0) is 14.0. The fourth-order valence-corrected chi connectivity index (χ4v) is 1.74. The molecule has 0 aliphatic rings. The second kappa shape index (κ2) is 5.34. The Labute approximate surface area is 109 Å². The average Bonchev–Trinajstić information content (AvgIpc) is 2.72.